The van der Waals surface area contributed by atoms with Crippen LogP contribution in [0.15, 0.2) is 16.5 Å². The molecular formula is C21H27NO4. The molecule has 0 unspecified atom stereocenters. The number of hydrogen-bond donors (Lipinski definition) is 1. The number of rotatable bonds is 4. The highest BCUT2D eigenvalue weighted by Gasteiger charge is 2.28. The Labute approximate surface area is 153 Å². The average molecular weight is 357 g/mol. The second-order valence-corrected chi connectivity index (χ2v) is 7.45. The van der Waals surface area contributed by atoms with E-state index in [4.69, 9.17) is 9.15 Å². The van der Waals surface area contributed by atoms with E-state index in [0.717, 1.165) is 61.1 Å². The van der Waals surface area contributed by atoms with Gasteiger partial charge in [-0.25, -0.2) is 0 Å². The number of nitrogens with zero attached hydrogens (tertiary/aromatic N) is 1. The smallest absolute Gasteiger partial charge is 0.309 e. The quantitative estimate of drug-likeness (QED) is 0.844. The van der Waals surface area contributed by atoms with Gasteiger partial charge >= 0.3 is 5.97 Å². The van der Waals surface area contributed by atoms with Crippen LogP contribution in [0.25, 0.3) is 11.0 Å². The van der Waals surface area contributed by atoms with Gasteiger partial charge in [0.1, 0.15) is 17.1 Å². The number of phenols is 1. The number of phenolic OH excluding ortho intramolecular Hbond substituents is 1. The number of carbonyl (C=O) groups is 1. The van der Waals surface area contributed by atoms with Crippen LogP contribution in [0.5, 0.6) is 5.75 Å². The molecule has 2 aliphatic rings. The number of esters is 1. The van der Waals surface area contributed by atoms with E-state index in [1.165, 1.54) is 18.4 Å². The van der Waals surface area contributed by atoms with Crippen LogP contribution in [0.1, 0.15) is 49.5 Å². The van der Waals surface area contributed by atoms with E-state index in [2.05, 4.69) is 4.90 Å². The minimum atomic E-state index is -0.0685. The molecule has 1 N–H and O–H groups in total. The Morgan fingerprint density at radius 2 is 2.04 bits per heavy atom. The predicted octanol–water partition coefficient (Wildman–Crippen LogP) is 3.79. The Kier molecular flexibility index (Phi) is 4.90. The molecule has 5 heteroatoms. The second-order valence-electron chi connectivity index (χ2n) is 7.45. The van der Waals surface area contributed by atoms with Gasteiger partial charge in [0.25, 0.3) is 0 Å². The molecule has 1 aromatic heterocycles. The third-order valence-electron chi connectivity index (χ3n) is 5.79. The molecule has 0 spiro atoms. The van der Waals surface area contributed by atoms with E-state index < -0.39 is 0 Å². The number of aromatic hydroxyl groups is 1. The molecule has 2 heterocycles. The zero-order valence-electron chi connectivity index (χ0n) is 15.4. The molecule has 1 aromatic carbocycles. The Balaban J connectivity index is 1.54. The Morgan fingerprint density at radius 3 is 2.81 bits per heavy atom. The van der Waals surface area contributed by atoms with Crippen LogP contribution in [0.3, 0.4) is 0 Å². The standard InChI is InChI=1S/C21H27NO4/c1-2-25-21(24)14-9-11-22(12-10-14)13-16-17(23)7-8-19-20(16)15-5-3-4-6-18(15)26-19/h7-8,14,23H,2-6,9-13H2,1H3. The van der Waals surface area contributed by atoms with E-state index in [9.17, 15) is 9.90 Å². The molecule has 1 aliphatic carbocycles. The summed E-state index contributed by atoms with van der Waals surface area (Å²) in [6.07, 6.45) is 6.02. The summed E-state index contributed by atoms with van der Waals surface area (Å²) in [5.41, 5.74) is 3.16. The van der Waals surface area contributed by atoms with Crippen molar-refractivity contribution in [2.75, 3.05) is 19.7 Å². The molecule has 4 rings (SSSR count). The fourth-order valence-corrected chi connectivity index (χ4v) is 4.39. The summed E-state index contributed by atoms with van der Waals surface area (Å²) in [6.45, 7) is 4.69. The summed E-state index contributed by atoms with van der Waals surface area (Å²) in [4.78, 5) is 14.3. The molecule has 0 saturated carbocycles. The number of furan rings is 1. The Hall–Kier alpha value is -2.01. The van der Waals surface area contributed by atoms with E-state index in [-0.39, 0.29) is 11.9 Å². The van der Waals surface area contributed by atoms with E-state index in [1.807, 2.05) is 13.0 Å². The van der Waals surface area contributed by atoms with Crippen molar-refractivity contribution >= 4 is 16.9 Å². The zero-order valence-corrected chi connectivity index (χ0v) is 15.4. The molecule has 1 aliphatic heterocycles. The lowest BCUT2D eigenvalue weighted by atomic mass is 9.92. The summed E-state index contributed by atoms with van der Waals surface area (Å²) in [7, 11) is 0. The fraction of sp³-hybridized carbons (Fsp3) is 0.571. The number of hydrogen-bond acceptors (Lipinski definition) is 5. The number of fused-ring (bicyclic) bond motifs is 3. The van der Waals surface area contributed by atoms with Gasteiger partial charge in [-0.3, -0.25) is 9.69 Å². The Morgan fingerprint density at radius 1 is 1.27 bits per heavy atom. The first-order chi connectivity index (χ1) is 12.7. The average Bonchev–Trinajstić information content (AvgIpc) is 3.04. The third kappa shape index (κ3) is 3.20. The van der Waals surface area contributed by atoms with Crippen molar-refractivity contribution in [3.8, 4) is 5.75 Å². The topological polar surface area (TPSA) is 62.9 Å². The highest BCUT2D eigenvalue weighted by molar-refractivity contribution is 5.88. The monoisotopic (exact) mass is 357 g/mol. The number of piperidine rings is 1. The van der Waals surface area contributed by atoms with Gasteiger partial charge in [0.2, 0.25) is 0 Å². The van der Waals surface area contributed by atoms with Crippen molar-refractivity contribution in [2.24, 2.45) is 5.92 Å². The first-order valence-electron chi connectivity index (χ1n) is 9.81. The molecule has 140 valence electrons. The third-order valence-corrected chi connectivity index (χ3v) is 5.79. The molecule has 1 fully saturated rings. The van der Waals surface area contributed by atoms with Crippen LogP contribution in [0.2, 0.25) is 0 Å². The highest BCUT2D eigenvalue weighted by atomic mass is 16.5. The molecular weight excluding hydrogens is 330 g/mol. The fourth-order valence-electron chi connectivity index (χ4n) is 4.39. The maximum absolute atomic E-state index is 11.9. The number of benzene rings is 1. The van der Waals surface area contributed by atoms with Crippen molar-refractivity contribution in [2.45, 2.75) is 52.0 Å². The van der Waals surface area contributed by atoms with Crippen LogP contribution in [-0.2, 0) is 28.9 Å². The molecule has 1 saturated heterocycles. The number of likely N-dealkylation sites (tertiary alicyclic amines) is 1. The molecule has 0 atom stereocenters. The molecule has 0 radical (unpaired) electrons. The summed E-state index contributed by atoms with van der Waals surface area (Å²) in [6, 6.07) is 3.64. The van der Waals surface area contributed by atoms with Crippen LogP contribution < -0.4 is 0 Å². The number of carbonyl (C=O) groups excluding carboxylic acids is 1. The lowest BCUT2D eigenvalue weighted by molar-refractivity contribution is -0.149. The predicted molar refractivity (Wildman–Crippen MR) is 99.2 cm³/mol. The second kappa shape index (κ2) is 7.31. The van der Waals surface area contributed by atoms with Gasteiger partial charge in [-0.05, 0) is 64.3 Å². The summed E-state index contributed by atoms with van der Waals surface area (Å²) in [5.74, 6) is 1.39. The Bertz CT molecular complexity index is 802. The SMILES string of the molecule is CCOC(=O)C1CCN(Cc2c(O)ccc3oc4c(c23)CCCC4)CC1. The molecule has 0 amide bonds. The van der Waals surface area contributed by atoms with Crippen molar-refractivity contribution in [3.05, 3.63) is 29.0 Å². The van der Waals surface area contributed by atoms with Crippen molar-refractivity contribution in [3.63, 3.8) is 0 Å². The van der Waals surface area contributed by atoms with Gasteiger partial charge in [0, 0.05) is 29.5 Å². The minimum absolute atomic E-state index is 0.0114. The summed E-state index contributed by atoms with van der Waals surface area (Å²) < 4.78 is 11.2. The van der Waals surface area contributed by atoms with E-state index in [0.29, 0.717) is 18.9 Å². The first-order valence-corrected chi connectivity index (χ1v) is 9.81. The maximum Gasteiger partial charge on any atom is 0.309 e. The van der Waals surface area contributed by atoms with Gasteiger partial charge in [-0.1, -0.05) is 0 Å². The summed E-state index contributed by atoms with van der Waals surface area (Å²) >= 11 is 0. The van der Waals surface area contributed by atoms with Crippen LogP contribution in [0, 0.1) is 5.92 Å². The highest BCUT2D eigenvalue weighted by Crippen LogP contribution is 2.38. The first kappa shape index (κ1) is 17.4. The number of ether oxygens (including phenoxy) is 1. The van der Waals surface area contributed by atoms with E-state index in [1.54, 1.807) is 6.07 Å². The molecule has 0 bridgehead atoms. The van der Waals surface area contributed by atoms with Crippen molar-refractivity contribution in [1.82, 2.24) is 4.90 Å². The van der Waals surface area contributed by atoms with Crippen LogP contribution >= 0.6 is 0 Å². The largest absolute Gasteiger partial charge is 0.508 e. The van der Waals surface area contributed by atoms with Crippen LogP contribution in [-0.4, -0.2) is 35.7 Å². The van der Waals surface area contributed by atoms with Gasteiger partial charge < -0.3 is 14.3 Å². The number of aryl methyl sites for hydroxylation is 2. The van der Waals surface area contributed by atoms with Gasteiger partial charge in [-0.2, -0.15) is 0 Å². The van der Waals surface area contributed by atoms with Gasteiger partial charge in [-0.15, -0.1) is 0 Å². The maximum atomic E-state index is 11.9. The van der Waals surface area contributed by atoms with Gasteiger partial charge in [0.05, 0.1) is 12.5 Å². The summed E-state index contributed by atoms with van der Waals surface area (Å²) in [5, 5.41) is 11.6. The van der Waals surface area contributed by atoms with Gasteiger partial charge in [0.15, 0.2) is 0 Å². The normalized spacial score (nSPS) is 18.8. The minimum Gasteiger partial charge on any atom is -0.508 e. The van der Waals surface area contributed by atoms with E-state index >= 15 is 0 Å². The van der Waals surface area contributed by atoms with Crippen molar-refractivity contribution in [1.29, 1.82) is 0 Å². The van der Waals surface area contributed by atoms with Crippen LogP contribution in [0.4, 0.5) is 0 Å². The molecule has 5 nitrogen and oxygen atoms in total. The lowest BCUT2D eigenvalue weighted by Crippen LogP contribution is -2.36. The molecule has 26 heavy (non-hydrogen) atoms. The van der Waals surface area contributed by atoms with Crippen molar-refractivity contribution < 1.29 is 19.1 Å². The molecule has 2 aromatic rings. The lowest BCUT2D eigenvalue weighted by Gasteiger charge is -2.31. The zero-order chi connectivity index (χ0) is 18.1.